The van der Waals surface area contributed by atoms with E-state index in [1.807, 2.05) is 6.07 Å². The lowest BCUT2D eigenvalue weighted by atomic mass is 9.96. The second kappa shape index (κ2) is 5.88. The maximum Gasteiger partial charge on any atom is 0.129 e. The van der Waals surface area contributed by atoms with Crippen molar-refractivity contribution in [3.8, 4) is 22.3 Å². The van der Waals surface area contributed by atoms with Crippen LogP contribution in [0.2, 0.25) is 0 Å². The Hall–Kier alpha value is -2.47. The van der Waals surface area contributed by atoms with Crippen LogP contribution in [0.5, 0.6) is 0 Å². The van der Waals surface area contributed by atoms with E-state index in [4.69, 9.17) is 0 Å². The fraction of sp³-hybridized carbons (Fsp3) is 0.0952. The highest BCUT2D eigenvalue weighted by Gasteiger charge is 2.08. The Morgan fingerprint density at radius 2 is 1.19 bits per heavy atom. The third kappa shape index (κ3) is 2.85. The number of hydrogen-bond donors (Lipinski definition) is 0. The summed E-state index contributed by atoms with van der Waals surface area (Å²) in [7, 11) is 0. The molecule has 0 saturated carbocycles. The fourth-order valence-corrected chi connectivity index (χ4v) is 2.62. The molecule has 0 amide bonds. The Labute approximate surface area is 127 Å². The second-order valence-electron chi connectivity index (χ2n) is 5.28. The van der Waals surface area contributed by atoms with Crippen LogP contribution >= 0.6 is 0 Å². The van der Waals surface area contributed by atoms with E-state index in [0.717, 1.165) is 12.0 Å². The summed E-state index contributed by atoms with van der Waals surface area (Å²) in [6, 6.07) is 25.8. The molecule has 0 heteroatoms. The van der Waals surface area contributed by atoms with Crippen LogP contribution in [0.4, 0.5) is 0 Å². The first kappa shape index (κ1) is 13.5. The lowest BCUT2D eigenvalue weighted by Gasteiger charge is -2.05. The maximum absolute atomic E-state index is 4.08. The molecule has 0 saturated heterocycles. The van der Waals surface area contributed by atoms with Crippen LogP contribution in [0.3, 0.4) is 0 Å². The smallest absolute Gasteiger partial charge is 0.0622 e. The molecule has 3 aromatic carbocycles. The molecule has 0 bridgehead atoms. The van der Waals surface area contributed by atoms with E-state index in [2.05, 4.69) is 80.6 Å². The predicted molar refractivity (Wildman–Crippen MR) is 91.2 cm³/mol. The Morgan fingerprint density at radius 3 is 1.81 bits per heavy atom. The first-order valence-electron chi connectivity index (χ1n) is 7.38. The Morgan fingerprint density at radius 1 is 0.667 bits per heavy atom. The zero-order chi connectivity index (χ0) is 14.7. The minimum Gasteiger partial charge on any atom is -0.0622 e. The molecule has 0 heterocycles. The maximum atomic E-state index is 4.08. The summed E-state index contributed by atoms with van der Waals surface area (Å²) in [5.41, 5.74) is 7.47. The summed E-state index contributed by atoms with van der Waals surface area (Å²) in [6.07, 6.45) is 1.02. The van der Waals surface area contributed by atoms with Crippen LogP contribution in [-0.4, -0.2) is 0 Å². The molecule has 102 valence electrons. The van der Waals surface area contributed by atoms with E-state index in [-0.39, 0.29) is 0 Å². The van der Waals surface area contributed by atoms with E-state index in [1.54, 1.807) is 0 Å². The van der Waals surface area contributed by atoms with Gasteiger partial charge in [0, 0.05) is 37.1 Å². The lowest BCUT2D eigenvalue weighted by Crippen LogP contribution is -1.88. The van der Waals surface area contributed by atoms with Crippen LogP contribution in [0, 0.1) is 6.92 Å². The normalized spacial score (nSPS) is 10.5. The van der Waals surface area contributed by atoms with Gasteiger partial charge in [-0.25, -0.2) is 0 Å². The molecule has 0 nitrogen and oxygen atoms in total. The van der Waals surface area contributed by atoms with Gasteiger partial charge >= 0.3 is 0 Å². The van der Waals surface area contributed by atoms with Crippen LogP contribution < -0.4 is 0 Å². The predicted octanol–water partition coefficient (Wildman–Crippen LogP) is 5.77. The fourth-order valence-electron chi connectivity index (χ4n) is 2.62. The molecule has 0 radical (unpaired) electrons. The van der Waals surface area contributed by atoms with Crippen molar-refractivity contribution in [3.63, 3.8) is 0 Å². The highest BCUT2D eigenvalue weighted by Crippen LogP contribution is 2.26. The average Bonchev–Trinajstić information content (AvgIpc) is 2.56. The Bertz CT molecular complexity index is 722. The standard InChI is InChI=1S/C21H19/c1-3-17-15-21(10-9-16(17)2)20-13-11-19(12-14-20)18-7-5-4-6-8-18/h4-15H,2-3H2,1H3/q+1. The zero-order valence-electron chi connectivity index (χ0n) is 12.3. The van der Waals surface area contributed by atoms with Gasteiger partial charge in [0.2, 0.25) is 0 Å². The van der Waals surface area contributed by atoms with Gasteiger partial charge in [-0.2, -0.15) is 0 Å². The summed E-state index contributed by atoms with van der Waals surface area (Å²) in [5.74, 6) is 0. The van der Waals surface area contributed by atoms with Gasteiger partial charge in [0.1, 0.15) is 5.56 Å². The van der Waals surface area contributed by atoms with Crippen molar-refractivity contribution >= 4 is 0 Å². The average molecular weight is 271 g/mol. The van der Waals surface area contributed by atoms with E-state index >= 15 is 0 Å². The number of hydrogen-bond acceptors (Lipinski definition) is 0. The van der Waals surface area contributed by atoms with Gasteiger partial charge in [-0.05, 0) is 23.6 Å². The molecule has 0 spiro atoms. The molecule has 3 aromatic rings. The molecular weight excluding hydrogens is 252 g/mol. The van der Waals surface area contributed by atoms with Crippen molar-refractivity contribution < 1.29 is 0 Å². The molecule has 0 aliphatic carbocycles. The van der Waals surface area contributed by atoms with Crippen molar-refractivity contribution in [1.82, 2.24) is 0 Å². The third-order valence-corrected chi connectivity index (χ3v) is 3.91. The topological polar surface area (TPSA) is 0 Å². The van der Waals surface area contributed by atoms with E-state index in [9.17, 15) is 0 Å². The van der Waals surface area contributed by atoms with Gasteiger partial charge in [-0.15, -0.1) is 0 Å². The summed E-state index contributed by atoms with van der Waals surface area (Å²) < 4.78 is 0. The van der Waals surface area contributed by atoms with Crippen molar-refractivity contribution in [2.24, 2.45) is 0 Å². The third-order valence-electron chi connectivity index (χ3n) is 3.91. The quantitative estimate of drug-likeness (QED) is 0.531. The van der Waals surface area contributed by atoms with Crippen molar-refractivity contribution in [2.75, 3.05) is 0 Å². The van der Waals surface area contributed by atoms with Crippen LogP contribution in [-0.2, 0) is 6.42 Å². The van der Waals surface area contributed by atoms with Gasteiger partial charge in [0.05, 0.1) is 5.56 Å². The monoisotopic (exact) mass is 271 g/mol. The molecule has 0 aromatic heterocycles. The Kier molecular flexibility index (Phi) is 3.79. The number of benzene rings is 3. The molecule has 21 heavy (non-hydrogen) atoms. The molecule has 3 rings (SSSR count). The van der Waals surface area contributed by atoms with Crippen LogP contribution in [0.15, 0.2) is 72.8 Å². The van der Waals surface area contributed by atoms with Gasteiger partial charge < -0.3 is 0 Å². The number of rotatable bonds is 3. The molecule has 0 unspecified atom stereocenters. The van der Waals surface area contributed by atoms with Crippen LogP contribution in [0.1, 0.15) is 18.1 Å². The van der Waals surface area contributed by atoms with Crippen molar-refractivity contribution in [1.29, 1.82) is 0 Å². The van der Waals surface area contributed by atoms with Crippen LogP contribution in [0.25, 0.3) is 22.3 Å². The molecule has 0 fully saturated rings. The first-order valence-corrected chi connectivity index (χ1v) is 7.38. The summed E-state index contributed by atoms with van der Waals surface area (Å²) in [4.78, 5) is 0. The summed E-state index contributed by atoms with van der Waals surface area (Å²) >= 11 is 0. The molecular formula is C21H19+. The highest BCUT2D eigenvalue weighted by atomic mass is 14.1. The van der Waals surface area contributed by atoms with Gasteiger partial charge in [0.15, 0.2) is 0 Å². The SMILES string of the molecule is [CH2+]c1ccc(-c2ccc(-c3ccccc3)cc2)cc1CC. The van der Waals surface area contributed by atoms with Crippen molar-refractivity contribution in [2.45, 2.75) is 13.3 Å². The second-order valence-corrected chi connectivity index (χ2v) is 5.28. The number of aryl methyl sites for hydroxylation is 1. The largest absolute Gasteiger partial charge is 0.129 e. The van der Waals surface area contributed by atoms with E-state index in [1.165, 1.54) is 27.8 Å². The van der Waals surface area contributed by atoms with Gasteiger partial charge in [0.25, 0.3) is 0 Å². The Balaban J connectivity index is 1.94. The van der Waals surface area contributed by atoms with Gasteiger partial charge in [-0.3, -0.25) is 0 Å². The first-order chi connectivity index (χ1) is 10.3. The summed E-state index contributed by atoms with van der Waals surface area (Å²) in [6.45, 7) is 6.25. The molecule has 0 aliphatic rings. The minimum atomic E-state index is 1.02. The highest BCUT2D eigenvalue weighted by molar-refractivity contribution is 5.71. The molecule has 0 aliphatic heterocycles. The van der Waals surface area contributed by atoms with Crippen molar-refractivity contribution in [3.05, 3.63) is 90.8 Å². The van der Waals surface area contributed by atoms with Gasteiger partial charge in [-0.1, -0.05) is 54.6 Å². The van der Waals surface area contributed by atoms with E-state index < -0.39 is 0 Å². The van der Waals surface area contributed by atoms with E-state index in [0.29, 0.717) is 0 Å². The lowest BCUT2D eigenvalue weighted by molar-refractivity contribution is 1.13. The molecule has 0 N–H and O–H groups in total. The molecule has 0 atom stereocenters. The minimum absolute atomic E-state index is 1.02. The summed E-state index contributed by atoms with van der Waals surface area (Å²) in [5, 5.41) is 0. The zero-order valence-corrected chi connectivity index (χ0v) is 12.3.